The summed E-state index contributed by atoms with van der Waals surface area (Å²) in [5.41, 5.74) is 1.48. The first-order valence-corrected chi connectivity index (χ1v) is 7.31. The number of rotatable bonds is 5. The lowest BCUT2D eigenvalue weighted by atomic mass is 10.1. The second kappa shape index (κ2) is 6.31. The van der Waals surface area contributed by atoms with E-state index in [1.54, 1.807) is 0 Å². The Labute approximate surface area is 103 Å². The molecule has 0 aromatic heterocycles. The van der Waals surface area contributed by atoms with Gasteiger partial charge in [-0.2, -0.15) is 0 Å². The first kappa shape index (κ1) is 12.0. The maximum atomic E-state index is 2.60. The molecule has 0 radical (unpaired) electrons. The fourth-order valence-electron chi connectivity index (χ4n) is 2.14. The zero-order chi connectivity index (χ0) is 11.2. The monoisotopic (exact) mass is 235 g/mol. The van der Waals surface area contributed by atoms with E-state index in [1.807, 2.05) is 0 Å². The Hall–Kier alpha value is -0.470. The van der Waals surface area contributed by atoms with Crippen molar-refractivity contribution in [3.8, 4) is 0 Å². The highest BCUT2D eigenvalue weighted by molar-refractivity contribution is 8.00. The molecule has 1 saturated heterocycles. The first-order chi connectivity index (χ1) is 7.88. The maximum Gasteiger partial charge on any atom is 0.0448 e. The Kier molecular flexibility index (Phi) is 4.73. The van der Waals surface area contributed by atoms with Crippen LogP contribution < -0.4 is 0 Å². The molecule has 0 N–H and O–H groups in total. The van der Waals surface area contributed by atoms with E-state index in [1.165, 1.54) is 43.8 Å². The van der Waals surface area contributed by atoms with Crippen LogP contribution in [0.25, 0.3) is 0 Å². The van der Waals surface area contributed by atoms with E-state index in [0.29, 0.717) is 0 Å². The quantitative estimate of drug-likeness (QED) is 0.769. The van der Waals surface area contributed by atoms with Crippen molar-refractivity contribution in [3.63, 3.8) is 0 Å². The summed E-state index contributed by atoms with van der Waals surface area (Å²) in [6, 6.07) is 10.9. The summed E-state index contributed by atoms with van der Waals surface area (Å²) in [4.78, 5) is 2.60. The second-order valence-corrected chi connectivity index (χ2v) is 5.80. The zero-order valence-electron chi connectivity index (χ0n) is 10.1. The van der Waals surface area contributed by atoms with Crippen molar-refractivity contribution < 1.29 is 0 Å². The van der Waals surface area contributed by atoms with E-state index >= 15 is 0 Å². The van der Waals surface area contributed by atoms with E-state index in [-0.39, 0.29) is 0 Å². The Bertz CT molecular complexity index is 299. The number of benzene rings is 1. The van der Waals surface area contributed by atoms with E-state index in [2.05, 4.69) is 53.9 Å². The molecular weight excluding hydrogens is 214 g/mol. The molecule has 0 bridgehead atoms. The molecule has 1 aromatic carbocycles. The van der Waals surface area contributed by atoms with Gasteiger partial charge in [0.1, 0.15) is 0 Å². The molecule has 0 aliphatic carbocycles. The summed E-state index contributed by atoms with van der Waals surface area (Å²) in [7, 11) is 0. The molecule has 16 heavy (non-hydrogen) atoms. The molecule has 1 nitrogen and oxygen atoms in total. The molecule has 1 aliphatic rings. The third kappa shape index (κ3) is 3.53. The summed E-state index contributed by atoms with van der Waals surface area (Å²) in [5.74, 6) is 1.23. The molecule has 2 heteroatoms. The van der Waals surface area contributed by atoms with Crippen LogP contribution in [0.1, 0.15) is 25.3 Å². The van der Waals surface area contributed by atoms with Gasteiger partial charge < -0.3 is 0 Å². The van der Waals surface area contributed by atoms with Crippen molar-refractivity contribution in [2.75, 3.05) is 19.0 Å². The molecule has 0 amide bonds. The summed E-state index contributed by atoms with van der Waals surface area (Å²) in [5, 5.41) is 0.805. The number of unbranched alkanes of at least 4 members (excludes halogenated alkanes) is 1. The predicted octanol–water partition coefficient (Wildman–Crippen LogP) is 3.40. The van der Waals surface area contributed by atoms with Gasteiger partial charge in [0.25, 0.3) is 0 Å². The Morgan fingerprint density at radius 1 is 1.31 bits per heavy atom. The second-order valence-electron chi connectivity index (χ2n) is 4.54. The van der Waals surface area contributed by atoms with Crippen LogP contribution in [0.3, 0.4) is 0 Å². The largest absolute Gasteiger partial charge is 0.293 e. The highest BCUT2D eigenvalue weighted by Crippen LogP contribution is 2.25. The Morgan fingerprint density at radius 2 is 2.12 bits per heavy atom. The van der Waals surface area contributed by atoms with Crippen molar-refractivity contribution in [2.24, 2.45) is 0 Å². The van der Waals surface area contributed by atoms with Crippen LogP contribution in [0.5, 0.6) is 0 Å². The topological polar surface area (TPSA) is 3.24 Å². The standard InChI is InChI=1S/C14H21NS/c1-2-3-9-15-11-14(16-12-15)10-13-7-5-4-6-8-13/h4-8,14H,2-3,9-12H2,1H3. The van der Waals surface area contributed by atoms with Crippen LogP contribution in [-0.2, 0) is 6.42 Å². The summed E-state index contributed by atoms with van der Waals surface area (Å²) >= 11 is 2.12. The summed E-state index contributed by atoms with van der Waals surface area (Å²) in [6.45, 7) is 4.83. The van der Waals surface area contributed by atoms with Gasteiger partial charge in [0.05, 0.1) is 0 Å². The smallest absolute Gasteiger partial charge is 0.0448 e. The van der Waals surface area contributed by atoms with E-state index in [9.17, 15) is 0 Å². The van der Waals surface area contributed by atoms with E-state index in [0.717, 1.165) is 5.25 Å². The minimum absolute atomic E-state index is 0.805. The number of hydrogen-bond donors (Lipinski definition) is 0. The highest BCUT2D eigenvalue weighted by Gasteiger charge is 2.22. The number of nitrogens with zero attached hydrogens (tertiary/aromatic N) is 1. The minimum Gasteiger partial charge on any atom is -0.293 e. The lowest BCUT2D eigenvalue weighted by Crippen LogP contribution is -2.24. The van der Waals surface area contributed by atoms with Crippen LogP contribution in [0.15, 0.2) is 30.3 Å². The van der Waals surface area contributed by atoms with E-state index in [4.69, 9.17) is 0 Å². The number of thioether (sulfide) groups is 1. The van der Waals surface area contributed by atoms with Gasteiger partial charge in [0, 0.05) is 17.7 Å². The van der Waals surface area contributed by atoms with Crippen molar-refractivity contribution >= 4 is 11.8 Å². The van der Waals surface area contributed by atoms with Crippen molar-refractivity contribution in [2.45, 2.75) is 31.4 Å². The van der Waals surface area contributed by atoms with Gasteiger partial charge in [0.15, 0.2) is 0 Å². The molecular formula is C14H21NS. The van der Waals surface area contributed by atoms with Gasteiger partial charge >= 0.3 is 0 Å². The average Bonchev–Trinajstić information content (AvgIpc) is 2.75. The Morgan fingerprint density at radius 3 is 2.88 bits per heavy atom. The third-order valence-electron chi connectivity index (χ3n) is 3.09. The molecule has 1 heterocycles. The average molecular weight is 235 g/mol. The highest BCUT2D eigenvalue weighted by atomic mass is 32.2. The van der Waals surface area contributed by atoms with Crippen LogP contribution in [0, 0.1) is 0 Å². The van der Waals surface area contributed by atoms with Crippen molar-refractivity contribution in [3.05, 3.63) is 35.9 Å². The van der Waals surface area contributed by atoms with Gasteiger partial charge in [-0.1, -0.05) is 43.7 Å². The fraction of sp³-hybridized carbons (Fsp3) is 0.571. The lowest BCUT2D eigenvalue weighted by Gasteiger charge is -2.14. The van der Waals surface area contributed by atoms with Crippen LogP contribution >= 0.6 is 11.8 Å². The minimum atomic E-state index is 0.805. The molecule has 1 unspecified atom stereocenters. The predicted molar refractivity (Wildman–Crippen MR) is 72.9 cm³/mol. The van der Waals surface area contributed by atoms with Crippen LogP contribution in [0.4, 0.5) is 0 Å². The van der Waals surface area contributed by atoms with Crippen LogP contribution in [-0.4, -0.2) is 29.1 Å². The van der Waals surface area contributed by atoms with Crippen molar-refractivity contribution in [1.82, 2.24) is 4.90 Å². The molecule has 0 spiro atoms. The molecule has 1 atom stereocenters. The molecule has 1 aromatic rings. The lowest BCUT2D eigenvalue weighted by molar-refractivity contribution is 0.333. The molecule has 2 rings (SSSR count). The number of hydrogen-bond acceptors (Lipinski definition) is 2. The molecule has 0 saturated carbocycles. The van der Waals surface area contributed by atoms with Gasteiger partial charge in [-0.05, 0) is 24.9 Å². The molecule has 88 valence electrons. The SMILES string of the molecule is CCCCN1CSC(Cc2ccccc2)C1. The van der Waals surface area contributed by atoms with Gasteiger partial charge in [-0.25, -0.2) is 0 Å². The van der Waals surface area contributed by atoms with Gasteiger partial charge in [-0.3, -0.25) is 4.90 Å². The third-order valence-corrected chi connectivity index (χ3v) is 4.39. The summed E-state index contributed by atoms with van der Waals surface area (Å²) in [6.07, 6.45) is 3.89. The normalized spacial score (nSPS) is 21.4. The summed E-state index contributed by atoms with van der Waals surface area (Å²) < 4.78 is 0. The first-order valence-electron chi connectivity index (χ1n) is 6.26. The molecule has 1 fully saturated rings. The molecule has 1 aliphatic heterocycles. The Balaban J connectivity index is 1.76. The maximum absolute atomic E-state index is 2.60. The van der Waals surface area contributed by atoms with E-state index < -0.39 is 0 Å². The zero-order valence-corrected chi connectivity index (χ0v) is 10.9. The van der Waals surface area contributed by atoms with Gasteiger partial charge in [0.2, 0.25) is 0 Å². The van der Waals surface area contributed by atoms with Crippen molar-refractivity contribution in [1.29, 1.82) is 0 Å². The fourth-order valence-corrected chi connectivity index (χ4v) is 3.42. The van der Waals surface area contributed by atoms with Gasteiger partial charge in [-0.15, -0.1) is 11.8 Å². The van der Waals surface area contributed by atoms with Crippen LogP contribution in [0.2, 0.25) is 0 Å².